The molecular formula is C31H46O4. The highest BCUT2D eigenvalue weighted by Crippen LogP contribution is 2.66. The van der Waals surface area contributed by atoms with Crippen molar-refractivity contribution in [3.63, 3.8) is 0 Å². The fraction of sp³-hybridized carbons (Fsp3) is 0.645. The number of phenolic OH excluding ortho intramolecular Hbond substituents is 2. The summed E-state index contributed by atoms with van der Waals surface area (Å²) in [6.07, 6.45) is 10.4. The first kappa shape index (κ1) is 27.4. The zero-order valence-corrected chi connectivity index (χ0v) is 23.1. The fourth-order valence-corrected chi connectivity index (χ4v) is 6.07. The normalized spacial score (nSPS) is 26.0. The Balaban J connectivity index is 1.95. The van der Waals surface area contributed by atoms with Crippen molar-refractivity contribution in [3.05, 3.63) is 40.5 Å². The van der Waals surface area contributed by atoms with E-state index in [2.05, 4.69) is 47.6 Å². The Labute approximate surface area is 212 Å². The first-order valence-corrected chi connectivity index (χ1v) is 13.4. The van der Waals surface area contributed by atoms with Crippen LogP contribution in [-0.2, 0) is 6.42 Å². The highest BCUT2D eigenvalue weighted by molar-refractivity contribution is 6.03. The Bertz CT molecular complexity index is 1010. The number of carbonyl (C=O) groups is 1. The second kappa shape index (κ2) is 10.4. The quantitative estimate of drug-likeness (QED) is 0.261. The fourth-order valence-electron chi connectivity index (χ4n) is 6.07. The van der Waals surface area contributed by atoms with E-state index in [4.69, 9.17) is 4.74 Å². The van der Waals surface area contributed by atoms with Gasteiger partial charge >= 0.3 is 0 Å². The van der Waals surface area contributed by atoms with Crippen molar-refractivity contribution in [1.82, 2.24) is 0 Å². The molecular weight excluding hydrogens is 436 g/mol. The van der Waals surface area contributed by atoms with E-state index in [0.29, 0.717) is 30.1 Å². The third-order valence-electron chi connectivity index (χ3n) is 9.38. The third-order valence-corrected chi connectivity index (χ3v) is 9.38. The zero-order valence-electron chi connectivity index (χ0n) is 23.1. The number of fused-ring (bicyclic) bond motifs is 2. The number of Topliss-reactive ketones (excluding diaryl/α,β-unsaturated/α-hetero) is 1. The topological polar surface area (TPSA) is 66.8 Å². The van der Waals surface area contributed by atoms with Gasteiger partial charge in [-0.1, -0.05) is 57.9 Å². The molecule has 1 aromatic carbocycles. The minimum Gasteiger partial charge on any atom is -0.507 e. The molecule has 0 aliphatic heterocycles. The molecule has 2 saturated carbocycles. The molecule has 35 heavy (non-hydrogen) atoms. The van der Waals surface area contributed by atoms with Crippen LogP contribution in [0.2, 0.25) is 0 Å². The van der Waals surface area contributed by atoms with Gasteiger partial charge in [-0.15, -0.1) is 0 Å². The molecule has 0 radical (unpaired) electrons. The van der Waals surface area contributed by atoms with Gasteiger partial charge in [-0.3, -0.25) is 4.79 Å². The largest absolute Gasteiger partial charge is 0.507 e. The summed E-state index contributed by atoms with van der Waals surface area (Å²) >= 11 is 0. The van der Waals surface area contributed by atoms with Crippen LogP contribution in [0.1, 0.15) is 110 Å². The monoisotopic (exact) mass is 482 g/mol. The molecule has 194 valence electrons. The number of aromatic hydroxyl groups is 2. The molecule has 2 fully saturated rings. The van der Waals surface area contributed by atoms with E-state index >= 15 is 0 Å². The number of ketones is 1. The van der Waals surface area contributed by atoms with Gasteiger partial charge in [0, 0.05) is 23.0 Å². The molecule has 4 nitrogen and oxygen atoms in total. The molecule has 0 amide bonds. The lowest BCUT2D eigenvalue weighted by atomic mass is 9.70. The Morgan fingerprint density at radius 2 is 1.89 bits per heavy atom. The van der Waals surface area contributed by atoms with Crippen LogP contribution in [0.5, 0.6) is 17.2 Å². The molecule has 3 rings (SSSR count). The molecule has 0 unspecified atom stereocenters. The number of benzene rings is 1. The Morgan fingerprint density at radius 3 is 2.43 bits per heavy atom. The van der Waals surface area contributed by atoms with Gasteiger partial charge in [-0.05, 0) is 77.0 Å². The molecule has 2 aliphatic carbocycles. The lowest BCUT2D eigenvalue weighted by molar-refractivity contribution is 0.0292. The maximum atomic E-state index is 13.4. The van der Waals surface area contributed by atoms with Crippen LogP contribution in [0, 0.1) is 22.7 Å². The summed E-state index contributed by atoms with van der Waals surface area (Å²) in [4.78, 5) is 13.4. The number of phenols is 2. The highest BCUT2D eigenvalue weighted by Gasteiger charge is 2.62. The van der Waals surface area contributed by atoms with E-state index in [-0.39, 0.29) is 45.7 Å². The van der Waals surface area contributed by atoms with Gasteiger partial charge in [0.25, 0.3) is 0 Å². The lowest BCUT2D eigenvalue weighted by Crippen LogP contribution is -2.39. The van der Waals surface area contributed by atoms with Crippen LogP contribution in [0.15, 0.2) is 29.4 Å². The first-order valence-electron chi connectivity index (χ1n) is 13.4. The van der Waals surface area contributed by atoms with Gasteiger partial charge < -0.3 is 14.9 Å². The Kier molecular flexibility index (Phi) is 8.13. The summed E-state index contributed by atoms with van der Waals surface area (Å²) in [5.41, 5.74) is 3.27. The van der Waals surface area contributed by atoms with E-state index in [1.54, 1.807) is 6.07 Å². The van der Waals surface area contributed by atoms with Crippen molar-refractivity contribution in [2.24, 2.45) is 22.7 Å². The van der Waals surface area contributed by atoms with Gasteiger partial charge in [0.1, 0.15) is 28.9 Å². The van der Waals surface area contributed by atoms with Gasteiger partial charge in [0.15, 0.2) is 5.78 Å². The van der Waals surface area contributed by atoms with E-state index in [1.807, 2.05) is 19.9 Å². The van der Waals surface area contributed by atoms with E-state index < -0.39 is 0 Å². The maximum absolute atomic E-state index is 13.4. The SMILES string of the molecule is CC[C@H](C)C(=O)c1c(O[C@@H]2C[C@@H]3CC[C@@]2(C)C3(C)C)cc(O)c(C/C=C(\C)CCC=C(C)C)c1O. The summed E-state index contributed by atoms with van der Waals surface area (Å²) in [6.45, 7) is 17.0. The van der Waals surface area contributed by atoms with Crippen molar-refractivity contribution in [1.29, 1.82) is 0 Å². The number of carbonyl (C=O) groups excluding carboxylic acids is 1. The van der Waals surface area contributed by atoms with Crippen molar-refractivity contribution in [2.75, 3.05) is 0 Å². The third kappa shape index (κ3) is 5.17. The van der Waals surface area contributed by atoms with Gasteiger partial charge in [0.2, 0.25) is 0 Å². The molecule has 2 bridgehead atoms. The predicted octanol–water partition coefficient (Wildman–Crippen LogP) is 8.16. The van der Waals surface area contributed by atoms with Gasteiger partial charge in [-0.2, -0.15) is 0 Å². The van der Waals surface area contributed by atoms with E-state index in [9.17, 15) is 15.0 Å². The maximum Gasteiger partial charge on any atom is 0.173 e. The molecule has 1 aromatic rings. The summed E-state index contributed by atoms with van der Waals surface area (Å²) < 4.78 is 6.55. The number of ether oxygens (including phenoxy) is 1. The van der Waals surface area contributed by atoms with E-state index in [1.165, 1.54) is 17.6 Å². The van der Waals surface area contributed by atoms with Gasteiger partial charge in [0.05, 0.1) is 0 Å². The number of hydrogen-bond donors (Lipinski definition) is 2. The molecule has 0 aromatic heterocycles. The van der Waals surface area contributed by atoms with E-state index in [0.717, 1.165) is 25.7 Å². The van der Waals surface area contributed by atoms with Crippen molar-refractivity contribution in [3.8, 4) is 17.2 Å². The molecule has 4 atom stereocenters. The van der Waals surface area contributed by atoms with Crippen LogP contribution in [0.4, 0.5) is 0 Å². The second-order valence-electron chi connectivity index (χ2n) is 12.1. The Hall–Kier alpha value is -2.23. The summed E-state index contributed by atoms with van der Waals surface area (Å²) in [6, 6.07) is 1.57. The predicted molar refractivity (Wildman–Crippen MR) is 143 cm³/mol. The Morgan fingerprint density at radius 1 is 1.20 bits per heavy atom. The lowest BCUT2D eigenvalue weighted by Gasteiger charge is -2.39. The summed E-state index contributed by atoms with van der Waals surface area (Å²) in [5.74, 6) is 0.400. The van der Waals surface area contributed by atoms with Crippen LogP contribution >= 0.6 is 0 Å². The molecule has 2 aliphatic rings. The standard InChI is InChI=1S/C31H46O4/c1-9-21(5)28(33)27-25(35-26-17-22-15-16-31(26,8)30(22,6)7)18-24(32)23(29(27)34)14-13-20(4)12-10-11-19(2)3/h11,13,18,21-22,26,32,34H,9-10,12,14-17H2,1-8H3/b20-13+/t21-,22-,26+,31+/m0/s1. The second-order valence-corrected chi connectivity index (χ2v) is 12.1. The van der Waals surface area contributed by atoms with Crippen LogP contribution in [-0.4, -0.2) is 22.1 Å². The van der Waals surface area contributed by atoms with Crippen LogP contribution in [0.3, 0.4) is 0 Å². The highest BCUT2D eigenvalue weighted by atomic mass is 16.5. The molecule has 4 heteroatoms. The summed E-state index contributed by atoms with van der Waals surface area (Å²) in [5, 5.41) is 22.2. The number of hydrogen-bond acceptors (Lipinski definition) is 4. The van der Waals surface area contributed by atoms with Crippen molar-refractivity contribution < 1.29 is 19.7 Å². The zero-order chi connectivity index (χ0) is 26.1. The number of rotatable bonds is 10. The first-order chi connectivity index (χ1) is 16.3. The molecule has 0 saturated heterocycles. The summed E-state index contributed by atoms with van der Waals surface area (Å²) in [7, 11) is 0. The molecule has 2 N–H and O–H groups in total. The average molecular weight is 483 g/mol. The minimum absolute atomic E-state index is 0.00338. The number of allylic oxidation sites excluding steroid dienone is 4. The van der Waals surface area contributed by atoms with Crippen LogP contribution in [0.25, 0.3) is 0 Å². The molecule has 0 spiro atoms. The molecule has 0 heterocycles. The van der Waals surface area contributed by atoms with Crippen molar-refractivity contribution >= 4 is 5.78 Å². The minimum atomic E-state index is -0.242. The average Bonchev–Trinajstić information content (AvgIpc) is 3.11. The van der Waals surface area contributed by atoms with Crippen LogP contribution < -0.4 is 4.74 Å². The van der Waals surface area contributed by atoms with Crippen molar-refractivity contribution in [2.45, 2.75) is 106 Å². The smallest absolute Gasteiger partial charge is 0.173 e. The van der Waals surface area contributed by atoms with Gasteiger partial charge in [-0.25, -0.2) is 0 Å².